The second kappa shape index (κ2) is 7.33. The van der Waals surface area contributed by atoms with Crippen molar-refractivity contribution in [2.75, 3.05) is 18.8 Å². The van der Waals surface area contributed by atoms with Crippen LogP contribution in [-0.2, 0) is 21.1 Å². The predicted molar refractivity (Wildman–Crippen MR) is 86.6 cm³/mol. The van der Waals surface area contributed by atoms with Gasteiger partial charge in [0.25, 0.3) is 0 Å². The van der Waals surface area contributed by atoms with Gasteiger partial charge in [-0.25, -0.2) is 8.42 Å². The van der Waals surface area contributed by atoms with E-state index in [9.17, 15) is 26.4 Å². The molecule has 1 heterocycles. The van der Waals surface area contributed by atoms with Crippen LogP contribution in [0.1, 0.15) is 18.9 Å². The number of benzene rings is 1. The van der Waals surface area contributed by atoms with Gasteiger partial charge in [-0.15, -0.1) is 0 Å². The number of carbonyl (C=O) groups is 1. The summed E-state index contributed by atoms with van der Waals surface area (Å²) in [4.78, 5) is 13.7. The summed E-state index contributed by atoms with van der Waals surface area (Å²) in [5, 5.41) is 0. The van der Waals surface area contributed by atoms with E-state index in [0.717, 1.165) is 18.6 Å². The van der Waals surface area contributed by atoms with E-state index < -0.39 is 26.7 Å². The molecule has 0 spiro atoms. The van der Waals surface area contributed by atoms with Crippen molar-refractivity contribution < 1.29 is 26.4 Å². The van der Waals surface area contributed by atoms with Gasteiger partial charge in [-0.3, -0.25) is 4.79 Å². The van der Waals surface area contributed by atoms with Crippen molar-refractivity contribution in [3.63, 3.8) is 0 Å². The first-order chi connectivity index (χ1) is 11.5. The average Bonchev–Trinajstić information content (AvgIpc) is 2.86. The van der Waals surface area contributed by atoms with Gasteiger partial charge in [-0.1, -0.05) is 12.1 Å². The zero-order valence-corrected chi connectivity index (χ0v) is 14.6. The molecule has 1 amide bonds. The number of nitrogens with two attached hydrogens (primary N) is 1. The molecular formula is C16H21F3N2O3S. The van der Waals surface area contributed by atoms with Crippen LogP contribution in [0.4, 0.5) is 13.2 Å². The lowest BCUT2D eigenvalue weighted by molar-refractivity contribution is -0.131. The van der Waals surface area contributed by atoms with Gasteiger partial charge < -0.3 is 10.6 Å². The van der Waals surface area contributed by atoms with Crippen molar-refractivity contribution in [2.24, 2.45) is 11.7 Å². The van der Waals surface area contributed by atoms with Gasteiger partial charge in [-0.05, 0) is 43.5 Å². The fourth-order valence-electron chi connectivity index (χ4n) is 3.05. The molecule has 25 heavy (non-hydrogen) atoms. The number of rotatable bonds is 5. The van der Waals surface area contributed by atoms with Crippen LogP contribution in [0.2, 0.25) is 0 Å². The Hall–Kier alpha value is -1.61. The number of likely N-dealkylation sites (tertiary alicyclic amines) is 1. The monoisotopic (exact) mass is 378 g/mol. The molecule has 1 aromatic carbocycles. The summed E-state index contributed by atoms with van der Waals surface area (Å²) in [7, 11) is -4.43. The van der Waals surface area contributed by atoms with Gasteiger partial charge in [0.15, 0.2) is 15.6 Å². The highest BCUT2D eigenvalue weighted by Gasteiger charge is 2.36. The van der Waals surface area contributed by atoms with E-state index in [1.54, 1.807) is 4.90 Å². The topological polar surface area (TPSA) is 80.5 Å². The first kappa shape index (κ1) is 19.7. The molecule has 5 nitrogen and oxygen atoms in total. The Morgan fingerprint density at radius 1 is 1.28 bits per heavy atom. The van der Waals surface area contributed by atoms with Crippen LogP contribution in [0.25, 0.3) is 0 Å². The van der Waals surface area contributed by atoms with E-state index in [0.29, 0.717) is 18.7 Å². The zero-order valence-electron chi connectivity index (χ0n) is 13.8. The lowest BCUT2D eigenvalue weighted by atomic mass is 10.1. The van der Waals surface area contributed by atoms with Crippen LogP contribution in [-0.4, -0.2) is 50.3 Å². The lowest BCUT2D eigenvalue weighted by Crippen LogP contribution is -2.35. The molecule has 2 rings (SSSR count). The fraction of sp³-hybridized carbons (Fsp3) is 0.562. The predicted octanol–water partition coefficient (Wildman–Crippen LogP) is 1.76. The number of hydrogen-bond donors (Lipinski definition) is 1. The Labute approximate surface area is 144 Å². The van der Waals surface area contributed by atoms with Crippen molar-refractivity contribution in [3.05, 3.63) is 29.8 Å². The molecule has 0 bridgehead atoms. The first-order valence-corrected chi connectivity index (χ1v) is 9.55. The number of alkyl halides is 3. The van der Waals surface area contributed by atoms with E-state index in [1.165, 1.54) is 12.1 Å². The summed E-state index contributed by atoms with van der Waals surface area (Å²) in [5.41, 5.74) is 6.19. The van der Waals surface area contributed by atoms with Gasteiger partial charge in [0.1, 0.15) is 0 Å². The molecule has 0 saturated carbocycles. The molecule has 1 saturated heterocycles. The van der Waals surface area contributed by atoms with Gasteiger partial charge in [0, 0.05) is 12.6 Å². The maximum atomic E-state index is 12.4. The van der Waals surface area contributed by atoms with Crippen molar-refractivity contribution in [2.45, 2.75) is 36.9 Å². The summed E-state index contributed by atoms with van der Waals surface area (Å²) in [6.07, 6.45) is -3.88. The maximum absolute atomic E-state index is 12.4. The van der Waals surface area contributed by atoms with Crippen LogP contribution >= 0.6 is 0 Å². The normalized spacial score (nSPS) is 21.6. The highest BCUT2D eigenvalue weighted by molar-refractivity contribution is 7.91. The van der Waals surface area contributed by atoms with E-state index in [1.807, 2.05) is 6.92 Å². The van der Waals surface area contributed by atoms with Crippen LogP contribution in [0.15, 0.2) is 29.2 Å². The summed E-state index contributed by atoms with van der Waals surface area (Å²) in [6, 6.07) is 5.07. The standard InChI is InChI=1S/C16H21F3N2O3S/c1-11-6-13(8-20)9-21(11)15(22)7-12-2-4-14(5-3-12)25(23,24)10-16(17,18)19/h2-5,11,13H,6-10,20H2,1H3. The summed E-state index contributed by atoms with van der Waals surface area (Å²) in [6.45, 7) is 3.05. The number of halogens is 3. The molecule has 1 aromatic rings. The molecule has 2 unspecified atom stereocenters. The van der Waals surface area contributed by atoms with E-state index in [2.05, 4.69) is 0 Å². The number of amides is 1. The van der Waals surface area contributed by atoms with E-state index in [4.69, 9.17) is 5.73 Å². The minimum atomic E-state index is -4.79. The zero-order chi connectivity index (χ0) is 18.8. The molecule has 1 aliphatic heterocycles. The third-order valence-corrected chi connectivity index (χ3v) is 6.00. The fourth-order valence-corrected chi connectivity index (χ4v) is 4.20. The van der Waals surface area contributed by atoms with E-state index in [-0.39, 0.29) is 24.3 Å². The molecule has 1 fully saturated rings. The molecule has 2 atom stereocenters. The molecular weight excluding hydrogens is 357 g/mol. The average molecular weight is 378 g/mol. The molecule has 1 aliphatic rings. The Bertz CT molecular complexity index is 717. The molecule has 140 valence electrons. The second-order valence-electron chi connectivity index (χ2n) is 6.43. The van der Waals surface area contributed by atoms with Crippen molar-refractivity contribution >= 4 is 15.7 Å². The van der Waals surface area contributed by atoms with Gasteiger partial charge in [0.2, 0.25) is 5.91 Å². The Kier molecular flexibility index (Phi) is 5.78. The quantitative estimate of drug-likeness (QED) is 0.847. The summed E-state index contributed by atoms with van der Waals surface area (Å²) in [5.74, 6) is -1.73. The van der Waals surface area contributed by atoms with Gasteiger partial charge >= 0.3 is 6.18 Å². The van der Waals surface area contributed by atoms with Crippen molar-refractivity contribution in [1.29, 1.82) is 0 Å². The number of nitrogens with zero attached hydrogens (tertiary/aromatic N) is 1. The Balaban J connectivity index is 2.04. The van der Waals surface area contributed by atoms with Crippen molar-refractivity contribution in [1.82, 2.24) is 4.90 Å². The number of hydrogen-bond acceptors (Lipinski definition) is 4. The van der Waals surface area contributed by atoms with Crippen LogP contribution in [0.3, 0.4) is 0 Å². The summed E-state index contributed by atoms with van der Waals surface area (Å²) < 4.78 is 60.4. The number of carbonyl (C=O) groups excluding carboxylic acids is 1. The van der Waals surface area contributed by atoms with Gasteiger partial charge in [-0.2, -0.15) is 13.2 Å². The van der Waals surface area contributed by atoms with E-state index >= 15 is 0 Å². The first-order valence-electron chi connectivity index (χ1n) is 7.90. The Morgan fingerprint density at radius 3 is 2.36 bits per heavy atom. The SMILES string of the molecule is CC1CC(CN)CN1C(=O)Cc1ccc(S(=O)(=O)CC(F)(F)F)cc1. The highest BCUT2D eigenvalue weighted by atomic mass is 32.2. The molecule has 0 aromatic heterocycles. The molecule has 2 N–H and O–H groups in total. The maximum Gasteiger partial charge on any atom is 0.403 e. The summed E-state index contributed by atoms with van der Waals surface area (Å²) >= 11 is 0. The third kappa shape index (κ3) is 5.18. The smallest absolute Gasteiger partial charge is 0.339 e. The third-order valence-electron chi connectivity index (χ3n) is 4.31. The minimum absolute atomic E-state index is 0.0707. The highest BCUT2D eigenvalue weighted by Crippen LogP contribution is 2.24. The van der Waals surface area contributed by atoms with Crippen LogP contribution in [0.5, 0.6) is 0 Å². The van der Waals surface area contributed by atoms with Gasteiger partial charge in [0.05, 0.1) is 11.3 Å². The Morgan fingerprint density at radius 2 is 1.88 bits per heavy atom. The molecule has 0 radical (unpaired) electrons. The van der Waals surface area contributed by atoms with Crippen molar-refractivity contribution in [3.8, 4) is 0 Å². The minimum Gasteiger partial charge on any atom is -0.339 e. The molecule has 9 heteroatoms. The molecule has 0 aliphatic carbocycles. The lowest BCUT2D eigenvalue weighted by Gasteiger charge is -2.21. The number of sulfone groups is 1. The second-order valence-corrected chi connectivity index (χ2v) is 8.42. The van der Waals surface area contributed by atoms with Crippen LogP contribution < -0.4 is 5.73 Å². The largest absolute Gasteiger partial charge is 0.403 e. The van der Waals surface area contributed by atoms with Crippen LogP contribution in [0, 0.1) is 5.92 Å².